The van der Waals surface area contributed by atoms with Crippen molar-refractivity contribution < 1.29 is 14.3 Å². The molecule has 1 N–H and O–H groups in total. The molecule has 7 nitrogen and oxygen atoms in total. The van der Waals surface area contributed by atoms with Crippen LogP contribution >= 0.6 is 34.4 Å². The largest absolute Gasteiger partial charge is 0.465 e. The predicted octanol–water partition coefficient (Wildman–Crippen LogP) is 5.62. The fourth-order valence-electron chi connectivity index (χ4n) is 5.25. The Labute approximate surface area is 228 Å². The zero-order chi connectivity index (χ0) is 26.1. The standard InChI is InChI=1S/C27H31N3O4S3/c1-4-12-30-25(32)21-17-11-10-15(2)13-19(17)37-23(21)29-27(30)35-14-20(31)28-24-22(26(33)34-3)16-8-6-5-7-9-18(16)36-24/h4,15H,1,5-14H2,2-3H3,(H,28,31)/t15-/m0/s1. The first kappa shape index (κ1) is 26.2. The van der Waals surface area contributed by atoms with Crippen molar-refractivity contribution in [2.24, 2.45) is 5.92 Å². The fourth-order valence-corrected chi connectivity index (χ4v) is 8.77. The number of aryl methyl sites for hydroxylation is 2. The second-order valence-electron chi connectivity index (χ2n) is 9.73. The molecular formula is C27H31N3O4S3. The summed E-state index contributed by atoms with van der Waals surface area (Å²) in [6.07, 6.45) is 9.62. The molecule has 0 saturated carbocycles. The lowest BCUT2D eigenvalue weighted by Crippen LogP contribution is -2.24. The van der Waals surface area contributed by atoms with Gasteiger partial charge < -0.3 is 10.1 Å². The molecule has 2 aliphatic rings. The molecule has 196 valence electrons. The number of methoxy groups -OCH3 is 1. The maximum Gasteiger partial charge on any atom is 0.341 e. The molecule has 3 aromatic heterocycles. The quantitative estimate of drug-likeness (QED) is 0.133. The van der Waals surface area contributed by atoms with Crippen molar-refractivity contribution in [2.75, 3.05) is 18.2 Å². The van der Waals surface area contributed by atoms with Gasteiger partial charge in [0.15, 0.2) is 5.16 Å². The molecule has 1 atom stereocenters. The minimum absolute atomic E-state index is 0.0603. The van der Waals surface area contributed by atoms with Gasteiger partial charge in [-0.15, -0.1) is 29.3 Å². The SMILES string of the molecule is C=CCn1c(SCC(=O)Nc2sc3c(c2C(=O)OC)CCCCC3)nc2sc3c(c2c1=O)CC[C@H](C)C3. The van der Waals surface area contributed by atoms with Crippen LogP contribution in [0.3, 0.4) is 0 Å². The van der Waals surface area contributed by atoms with Crippen LogP contribution in [0.5, 0.6) is 0 Å². The average Bonchev–Trinajstić information content (AvgIpc) is 3.31. The molecule has 10 heteroatoms. The number of anilines is 1. The zero-order valence-corrected chi connectivity index (χ0v) is 23.6. The van der Waals surface area contributed by atoms with E-state index in [0.29, 0.717) is 28.2 Å². The van der Waals surface area contributed by atoms with Gasteiger partial charge in [-0.3, -0.25) is 14.2 Å². The summed E-state index contributed by atoms with van der Waals surface area (Å²) in [6.45, 7) is 6.39. The maximum atomic E-state index is 13.5. The average molecular weight is 558 g/mol. The molecule has 3 aromatic rings. The Balaban J connectivity index is 1.40. The number of hydrogen-bond acceptors (Lipinski definition) is 8. The number of fused-ring (bicyclic) bond motifs is 4. The Morgan fingerprint density at radius 2 is 2.00 bits per heavy atom. The lowest BCUT2D eigenvalue weighted by Gasteiger charge is -2.17. The number of hydrogen-bond donors (Lipinski definition) is 1. The van der Waals surface area contributed by atoms with Crippen LogP contribution in [0.25, 0.3) is 10.2 Å². The van der Waals surface area contributed by atoms with Crippen LogP contribution in [0.4, 0.5) is 5.00 Å². The number of amides is 1. The molecule has 0 unspecified atom stereocenters. The Kier molecular flexibility index (Phi) is 7.88. The number of esters is 1. The van der Waals surface area contributed by atoms with Crippen LogP contribution in [0, 0.1) is 5.92 Å². The van der Waals surface area contributed by atoms with E-state index < -0.39 is 5.97 Å². The highest BCUT2D eigenvalue weighted by atomic mass is 32.2. The molecule has 0 aliphatic heterocycles. The van der Waals surface area contributed by atoms with Gasteiger partial charge in [-0.2, -0.15) is 0 Å². The van der Waals surface area contributed by atoms with E-state index in [1.807, 2.05) is 0 Å². The first-order chi connectivity index (χ1) is 17.9. The molecule has 5 rings (SSSR count). The Morgan fingerprint density at radius 1 is 1.19 bits per heavy atom. The van der Waals surface area contributed by atoms with Crippen LogP contribution < -0.4 is 10.9 Å². The number of thioether (sulfide) groups is 1. The van der Waals surface area contributed by atoms with E-state index in [-0.39, 0.29) is 17.2 Å². The van der Waals surface area contributed by atoms with Gasteiger partial charge in [0, 0.05) is 16.3 Å². The summed E-state index contributed by atoms with van der Waals surface area (Å²) in [5, 5.41) is 4.73. The van der Waals surface area contributed by atoms with Gasteiger partial charge in [-0.05, 0) is 62.0 Å². The van der Waals surface area contributed by atoms with E-state index in [1.165, 1.54) is 35.1 Å². The van der Waals surface area contributed by atoms with Gasteiger partial charge >= 0.3 is 5.97 Å². The molecule has 2 aliphatic carbocycles. The molecule has 0 saturated heterocycles. The smallest absolute Gasteiger partial charge is 0.341 e. The topological polar surface area (TPSA) is 90.3 Å². The van der Waals surface area contributed by atoms with Crippen LogP contribution in [-0.4, -0.2) is 34.3 Å². The maximum absolute atomic E-state index is 13.5. The number of rotatable bonds is 7. The number of ether oxygens (including phenoxy) is 1. The summed E-state index contributed by atoms with van der Waals surface area (Å²) < 4.78 is 6.66. The summed E-state index contributed by atoms with van der Waals surface area (Å²) >= 11 is 4.32. The lowest BCUT2D eigenvalue weighted by atomic mass is 9.89. The van der Waals surface area contributed by atoms with E-state index in [4.69, 9.17) is 9.72 Å². The Morgan fingerprint density at radius 3 is 2.78 bits per heavy atom. The molecule has 1 amide bonds. The summed E-state index contributed by atoms with van der Waals surface area (Å²) in [4.78, 5) is 47.1. The van der Waals surface area contributed by atoms with Gasteiger partial charge in [-0.25, -0.2) is 9.78 Å². The molecule has 0 bridgehead atoms. The normalized spacial score (nSPS) is 17.1. The third kappa shape index (κ3) is 5.15. The number of carbonyl (C=O) groups is 2. The number of allylic oxidation sites excluding steroid dienone is 1. The lowest BCUT2D eigenvalue weighted by molar-refractivity contribution is -0.113. The van der Waals surface area contributed by atoms with E-state index in [9.17, 15) is 14.4 Å². The summed E-state index contributed by atoms with van der Waals surface area (Å²) in [5.41, 5.74) is 2.59. The highest BCUT2D eigenvalue weighted by Gasteiger charge is 2.27. The zero-order valence-electron chi connectivity index (χ0n) is 21.2. The molecular weight excluding hydrogens is 527 g/mol. The predicted molar refractivity (Wildman–Crippen MR) is 152 cm³/mol. The number of aromatic nitrogens is 2. The van der Waals surface area contributed by atoms with Crippen molar-refractivity contribution in [1.82, 2.24) is 9.55 Å². The molecule has 37 heavy (non-hydrogen) atoms. The van der Waals surface area contributed by atoms with Crippen molar-refractivity contribution in [3.05, 3.63) is 49.5 Å². The minimum atomic E-state index is -0.412. The van der Waals surface area contributed by atoms with Crippen molar-refractivity contribution in [2.45, 2.75) is 70.0 Å². The van der Waals surface area contributed by atoms with Crippen molar-refractivity contribution in [3.63, 3.8) is 0 Å². The number of nitrogens with zero attached hydrogens (tertiary/aromatic N) is 2. The summed E-state index contributed by atoms with van der Waals surface area (Å²) in [6, 6.07) is 0. The van der Waals surface area contributed by atoms with Gasteiger partial charge in [0.05, 0.1) is 23.8 Å². The number of thiophene rings is 2. The van der Waals surface area contributed by atoms with Gasteiger partial charge in [0.1, 0.15) is 9.83 Å². The van der Waals surface area contributed by atoms with Gasteiger partial charge in [0.2, 0.25) is 5.91 Å². The molecule has 0 fully saturated rings. The number of carbonyl (C=O) groups excluding carboxylic acids is 2. The molecule has 0 aromatic carbocycles. The third-order valence-corrected chi connectivity index (χ3v) is 10.4. The Hall–Kier alpha value is -2.43. The van der Waals surface area contributed by atoms with Crippen LogP contribution in [0.15, 0.2) is 22.6 Å². The molecule has 0 spiro atoms. The van der Waals surface area contributed by atoms with Crippen LogP contribution in [0.2, 0.25) is 0 Å². The molecule has 3 heterocycles. The van der Waals surface area contributed by atoms with Crippen LogP contribution in [-0.2, 0) is 41.8 Å². The van der Waals surface area contributed by atoms with E-state index in [0.717, 1.165) is 77.6 Å². The Bertz CT molecular complexity index is 1430. The van der Waals surface area contributed by atoms with Crippen molar-refractivity contribution >= 4 is 61.5 Å². The third-order valence-electron chi connectivity index (χ3n) is 7.09. The monoisotopic (exact) mass is 557 g/mol. The van der Waals surface area contributed by atoms with Gasteiger partial charge in [-0.1, -0.05) is 31.2 Å². The van der Waals surface area contributed by atoms with E-state index in [1.54, 1.807) is 22.0 Å². The second kappa shape index (κ2) is 11.1. The first-order valence-corrected chi connectivity index (χ1v) is 15.3. The highest BCUT2D eigenvalue weighted by Crippen LogP contribution is 2.39. The summed E-state index contributed by atoms with van der Waals surface area (Å²) in [7, 11) is 1.37. The van der Waals surface area contributed by atoms with Crippen LogP contribution in [0.1, 0.15) is 63.8 Å². The van der Waals surface area contributed by atoms with Gasteiger partial charge in [0.25, 0.3) is 5.56 Å². The second-order valence-corrected chi connectivity index (χ2v) is 12.9. The number of nitrogens with one attached hydrogen (secondary N) is 1. The minimum Gasteiger partial charge on any atom is -0.465 e. The fraction of sp³-hybridized carbons (Fsp3) is 0.481. The highest BCUT2D eigenvalue weighted by molar-refractivity contribution is 7.99. The van der Waals surface area contributed by atoms with E-state index in [2.05, 4.69) is 18.8 Å². The van der Waals surface area contributed by atoms with Crippen molar-refractivity contribution in [3.8, 4) is 0 Å². The van der Waals surface area contributed by atoms with E-state index >= 15 is 0 Å². The molecule has 0 radical (unpaired) electrons. The van der Waals surface area contributed by atoms with Crippen molar-refractivity contribution in [1.29, 1.82) is 0 Å². The summed E-state index contributed by atoms with van der Waals surface area (Å²) in [5.74, 6) is 0.0201. The first-order valence-electron chi connectivity index (χ1n) is 12.7.